The first kappa shape index (κ1) is 24.5. The van der Waals surface area contributed by atoms with Crippen LogP contribution in [0.3, 0.4) is 0 Å². The molecule has 3 N–H and O–H groups in total. The molecular formula is C27H47NO4. The SMILES string of the molecule is COC(=O)CC[C@@H](C)C1CCC2C3C(CC[C@@]21C)[C@@]1(C)CC[C@H](NCCO)C[C@H]1C[C@H]3O. The Labute approximate surface area is 195 Å². The van der Waals surface area contributed by atoms with Gasteiger partial charge in [0.2, 0.25) is 0 Å². The number of nitrogens with one attached hydrogen (secondary N) is 1. The second-order valence-electron chi connectivity index (χ2n) is 12.3. The summed E-state index contributed by atoms with van der Waals surface area (Å²) < 4.78 is 4.88. The summed E-state index contributed by atoms with van der Waals surface area (Å²) in [6.45, 7) is 8.27. The van der Waals surface area contributed by atoms with E-state index in [1.807, 2.05) is 0 Å². The summed E-state index contributed by atoms with van der Waals surface area (Å²) in [5.74, 6) is 3.36. The predicted molar refractivity (Wildman–Crippen MR) is 126 cm³/mol. The number of aliphatic hydroxyl groups is 2. The van der Waals surface area contributed by atoms with Gasteiger partial charge in [-0.3, -0.25) is 4.79 Å². The molecule has 0 aromatic carbocycles. The van der Waals surface area contributed by atoms with E-state index < -0.39 is 0 Å². The molecule has 10 atom stereocenters. The zero-order valence-corrected chi connectivity index (χ0v) is 20.8. The van der Waals surface area contributed by atoms with Gasteiger partial charge in [-0.25, -0.2) is 0 Å². The van der Waals surface area contributed by atoms with E-state index in [1.54, 1.807) is 0 Å². The third-order valence-corrected chi connectivity index (χ3v) is 11.0. The summed E-state index contributed by atoms with van der Waals surface area (Å²) in [5, 5.41) is 24.2. The fourth-order valence-electron chi connectivity index (χ4n) is 9.30. The van der Waals surface area contributed by atoms with E-state index in [0.29, 0.717) is 65.3 Å². The summed E-state index contributed by atoms with van der Waals surface area (Å²) in [4.78, 5) is 11.7. The van der Waals surface area contributed by atoms with Gasteiger partial charge in [0.1, 0.15) is 0 Å². The molecule has 0 heterocycles. The Morgan fingerprint density at radius 3 is 2.53 bits per heavy atom. The van der Waals surface area contributed by atoms with Crippen LogP contribution in [0.25, 0.3) is 0 Å². The van der Waals surface area contributed by atoms with Crippen molar-refractivity contribution in [2.75, 3.05) is 20.3 Å². The Morgan fingerprint density at radius 1 is 1.09 bits per heavy atom. The predicted octanol–water partition coefficient (Wildman–Crippen LogP) is 4.16. The minimum atomic E-state index is -0.177. The number of hydrogen-bond donors (Lipinski definition) is 3. The highest BCUT2D eigenvalue weighted by Gasteiger charge is 2.62. The van der Waals surface area contributed by atoms with Crippen LogP contribution in [0.15, 0.2) is 0 Å². The van der Waals surface area contributed by atoms with Crippen LogP contribution in [0.5, 0.6) is 0 Å². The van der Waals surface area contributed by atoms with Crippen molar-refractivity contribution in [1.29, 1.82) is 0 Å². The molecule has 184 valence electrons. The van der Waals surface area contributed by atoms with Gasteiger partial charge in [0.15, 0.2) is 0 Å². The van der Waals surface area contributed by atoms with Crippen molar-refractivity contribution in [1.82, 2.24) is 5.32 Å². The Bertz CT molecular complexity index is 670. The summed E-state index contributed by atoms with van der Waals surface area (Å²) in [7, 11) is 1.48. The summed E-state index contributed by atoms with van der Waals surface area (Å²) >= 11 is 0. The number of hydrogen-bond acceptors (Lipinski definition) is 5. The normalized spacial score (nSPS) is 46.6. The average molecular weight is 450 g/mol. The Morgan fingerprint density at radius 2 is 1.81 bits per heavy atom. The number of rotatable bonds is 7. The second-order valence-corrected chi connectivity index (χ2v) is 12.3. The van der Waals surface area contributed by atoms with Gasteiger partial charge in [0.25, 0.3) is 0 Å². The molecule has 4 rings (SSSR count). The number of carbonyl (C=O) groups excluding carboxylic acids is 1. The molecule has 32 heavy (non-hydrogen) atoms. The van der Waals surface area contributed by atoms with Crippen LogP contribution in [-0.4, -0.2) is 48.6 Å². The topological polar surface area (TPSA) is 78.8 Å². The van der Waals surface area contributed by atoms with Crippen molar-refractivity contribution in [3.05, 3.63) is 0 Å². The minimum absolute atomic E-state index is 0.0917. The van der Waals surface area contributed by atoms with E-state index in [9.17, 15) is 15.0 Å². The lowest BCUT2D eigenvalue weighted by molar-refractivity contribution is -0.167. The van der Waals surface area contributed by atoms with Crippen LogP contribution in [0, 0.1) is 46.3 Å². The quantitative estimate of drug-likeness (QED) is 0.509. The van der Waals surface area contributed by atoms with Gasteiger partial charge in [-0.05, 0) is 104 Å². The molecule has 4 unspecified atom stereocenters. The molecule has 0 amide bonds. The summed E-state index contributed by atoms with van der Waals surface area (Å²) in [6.07, 6.45) is 10.8. The largest absolute Gasteiger partial charge is 0.469 e. The van der Waals surface area contributed by atoms with E-state index in [-0.39, 0.29) is 18.7 Å². The van der Waals surface area contributed by atoms with Crippen LogP contribution in [0.2, 0.25) is 0 Å². The number of esters is 1. The fourth-order valence-corrected chi connectivity index (χ4v) is 9.30. The molecule has 0 spiro atoms. The zero-order chi connectivity index (χ0) is 23.1. The second kappa shape index (κ2) is 9.54. The molecule has 0 aromatic heterocycles. The average Bonchev–Trinajstić information content (AvgIpc) is 3.13. The smallest absolute Gasteiger partial charge is 0.305 e. The molecule has 0 aliphatic heterocycles. The van der Waals surface area contributed by atoms with Gasteiger partial charge in [-0.1, -0.05) is 20.8 Å². The molecule has 5 nitrogen and oxygen atoms in total. The minimum Gasteiger partial charge on any atom is -0.469 e. The van der Waals surface area contributed by atoms with Crippen LogP contribution in [0.4, 0.5) is 0 Å². The standard InChI is InChI=1S/C27H47NO4/c1-17(5-8-24(31)32-4)20-6-7-21-25-22(10-12-27(20,21)3)26(2)11-9-19(28-13-14-29)15-18(26)16-23(25)30/h17-23,25,28-30H,5-16H2,1-4H3/t17-,18+,19+,20?,21?,22?,23-,25?,26+,27-/m1/s1. The maximum atomic E-state index is 11.7. The molecule has 4 fully saturated rings. The van der Waals surface area contributed by atoms with Crippen LogP contribution >= 0.6 is 0 Å². The fraction of sp³-hybridized carbons (Fsp3) is 0.963. The van der Waals surface area contributed by atoms with Gasteiger partial charge in [0.05, 0.1) is 19.8 Å². The number of carbonyl (C=O) groups is 1. The van der Waals surface area contributed by atoms with Crippen LogP contribution in [-0.2, 0) is 9.53 Å². The van der Waals surface area contributed by atoms with Gasteiger partial charge >= 0.3 is 5.97 Å². The molecular weight excluding hydrogens is 402 g/mol. The molecule has 4 saturated carbocycles. The molecule has 5 heteroatoms. The monoisotopic (exact) mass is 449 g/mol. The van der Waals surface area contributed by atoms with Gasteiger partial charge in [0, 0.05) is 19.0 Å². The highest BCUT2D eigenvalue weighted by atomic mass is 16.5. The van der Waals surface area contributed by atoms with E-state index in [1.165, 1.54) is 45.6 Å². The summed E-state index contributed by atoms with van der Waals surface area (Å²) in [6, 6.07) is 0.490. The third-order valence-electron chi connectivity index (χ3n) is 11.0. The summed E-state index contributed by atoms with van der Waals surface area (Å²) in [5.41, 5.74) is 0.637. The lowest BCUT2D eigenvalue weighted by Gasteiger charge is -2.62. The van der Waals surface area contributed by atoms with Crippen LogP contribution < -0.4 is 5.32 Å². The van der Waals surface area contributed by atoms with Crippen molar-refractivity contribution in [2.45, 2.75) is 97.1 Å². The van der Waals surface area contributed by atoms with E-state index >= 15 is 0 Å². The first-order chi connectivity index (χ1) is 15.2. The third kappa shape index (κ3) is 4.15. The first-order valence-corrected chi connectivity index (χ1v) is 13.3. The molecule has 0 aromatic rings. The Kier molecular flexibility index (Phi) is 7.30. The van der Waals surface area contributed by atoms with Crippen molar-refractivity contribution >= 4 is 5.97 Å². The maximum Gasteiger partial charge on any atom is 0.305 e. The molecule has 0 radical (unpaired) electrons. The lowest BCUT2D eigenvalue weighted by Crippen LogP contribution is -2.59. The van der Waals surface area contributed by atoms with Gasteiger partial charge in [-0.2, -0.15) is 0 Å². The lowest BCUT2D eigenvalue weighted by atomic mass is 9.43. The number of ether oxygens (including phenoxy) is 1. The van der Waals surface area contributed by atoms with E-state index in [4.69, 9.17) is 4.74 Å². The van der Waals surface area contributed by atoms with Gasteiger partial charge in [-0.15, -0.1) is 0 Å². The molecule has 0 saturated heterocycles. The maximum absolute atomic E-state index is 11.7. The number of fused-ring (bicyclic) bond motifs is 5. The van der Waals surface area contributed by atoms with E-state index in [2.05, 4.69) is 26.1 Å². The zero-order valence-electron chi connectivity index (χ0n) is 20.8. The van der Waals surface area contributed by atoms with Crippen molar-refractivity contribution in [3.63, 3.8) is 0 Å². The van der Waals surface area contributed by atoms with Crippen LogP contribution in [0.1, 0.15) is 85.0 Å². The Hall–Kier alpha value is -0.650. The number of aliphatic hydroxyl groups excluding tert-OH is 2. The van der Waals surface area contributed by atoms with Crippen molar-refractivity contribution in [2.24, 2.45) is 46.3 Å². The highest BCUT2D eigenvalue weighted by Crippen LogP contribution is 2.68. The van der Waals surface area contributed by atoms with E-state index in [0.717, 1.165) is 19.3 Å². The van der Waals surface area contributed by atoms with Gasteiger partial charge < -0.3 is 20.3 Å². The molecule has 4 aliphatic carbocycles. The van der Waals surface area contributed by atoms with Crippen molar-refractivity contribution < 1.29 is 19.7 Å². The number of methoxy groups -OCH3 is 1. The highest BCUT2D eigenvalue weighted by molar-refractivity contribution is 5.69. The first-order valence-electron chi connectivity index (χ1n) is 13.3. The Balaban J connectivity index is 1.48. The van der Waals surface area contributed by atoms with Crippen molar-refractivity contribution in [3.8, 4) is 0 Å². The molecule has 0 bridgehead atoms. The molecule has 4 aliphatic rings.